The van der Waals surface area contributed by atoms with Crippen LogP contribution < -0.4 is 33.2 Å². The van der Waals surface area contributed by atoms with Crippen molar-refractivity contribution in [1.82, 2.24) is 25.9 Å². The van der Waals surface area contributed by atoms with Gasteiger partial charge in [-0.2, -0.15) is 0 Å². The Labute approximate surface area is 195 Å². The molecule has 0 saturated carbocycles. The van der Waals surface area contributed by atoms with Crippen molar-refractivity contribution < 1.29 is 34.2 Å². The van der Waals surface area contributed by atoms with E-state index in [1.54, 1.807) is 0 Å². The zero-order valence-corrected chi connectivity index (χ0v) is 18.5. The molecular weight excluding hydrogens is 452 g/mol. The number of rotatable bonds is 16. The molecule has 0 radical (unpaired) electrons. The molecule has 15 heteroatoms. The largest absolute Gasteiger partial charge is 0.480 e. The molecule has 0 aliphatic heterocycles. The fourth-order valence-corrected chi connectivity index (χ4v) is 2.89. The van der Waals surface area contributed by atoms with Crippen LogP contribution in [0.2, 0.25) is 0 Å². The van der Waals surface area contributed by atoms with Gasteiger partial charge in [-0.3, -0.25) is 19.2 Å². The van der Waals surface area contributed by atoms with Crippen LogP contribution in [0.25, 0.3) is 0 Å². The molecule has 0 spiro atoms. The minimum atomic E-state index is -1.58. The SMILES string of the molecule is NCCCCC(NC(=O)C(Cc1cnc[nH]1)NC(=O)C(N)CO)C(=O)NC(CC(N)=O)C(=O)O. The van der Waals surface area contributed by atoms with Crippen LogP contribution in [0.3, 0.4) is 0 Å². The van der Waals surface area contributed by atoms with Gasteiger partial charge in [-0.05, 0) is 25.8 Å². The Morgan fingerprint density at radius 3 is 2.15 bits per heavy atom. The van der Waals surface area contributed by atoms with E-state index in [-0.39, 0.29) is 12.8 Å². The third-order valence-corrected chi connectivity index (χ3v) is 4.75. The normalized spacial score (nSPS) is 14.3. The van der Waals surface area contributed by atoms with Crippen LogP contribution in [0.4, 0.5) is 0 Å². The number of hydrogen-bond acceptors (Lipinski definition) is 9. The molecule has 1 heterocycles. The number of aromatic nitrogens is 2. The number of primary amides is 1. The molecule has 15 nitrogen and oxygen atoms in total. The van der Waals surface area contributed by atoms with Crippen LogP contribution in [0.15, 0.2) is 12.5 Å². The zero-order chi connectivity index (χ0) is 25.7. The van der Waals surface area contributed by atoms with Crippen LogP contribution in [0, 0.1) is 0 Å². The van der Waals surface area contributed by atoms with E-state index in [2.05, 4.69) is 25.9 Å². The lowest BCUT2D eigenvalue weighted by atomic mass is 10.1. The number of hydrogen-bond donors (Lipinski definition) is 9. The maximum atomic E-state index is 13.0. The van der Waals surface area contributed by atoms with Gasteiger partial charge in [0.25, 0.3) is 0 Å². The second kappa shape index (κ2) is 14.6. The van der Waals surface area contributed by atoms with Crippen molar-refractivity contribution in [2.45, 2.75) is 56.3 Å². The number of aliphatic carboxylic acids is 1. The summed E-state index contributed by atoms with van der Waals surface area (Å²) in [5, 5.41) is 25.4. The van der Waals surface area contributed by atoms with E-state index in [1.807, 2.05) is 0 Å². The number of amides is 4. The Morgan fingerprint density at radius 2 is 1.62 bits per heavy atom. The number of nitrogens with two attached hydrogens (primary N) is 3. The van der Waals surface area contributed by atoms with E-state index < -0.39 is 66.8 Å². The molecular formula is C19H32N8O7. The summed E-state index contributed by atoms with van der Waals surface area (Å²) in [4.78, 5) is 67.0. The van der Waals surface area contributed by atoms with Crippen LogP contribution in [0.1, 0.15) is 31.4 Å². The van der Waals surface area contributed by atoms with E-state index in [0.717, 1.165) is 0 Å². The molecule has 0 fully saturated rings. The molecule has 1 aromatic heterocycles. The first kappa shape index (κ1) is 28.5. The molecule has 4 atom stereocenters. The van der Waals surface area contributed by atoms with Crippen molar-refractivity contribution in [1.29, 1.82) is 0 Å². The third kappa shape index (κ3) is 9.93. The van der Waals surface area contributed by atoms with Gasteiger partial charge in [-0.15, -0.1) is 0 Å². The molecule has 0 aliphatic carbocycles. The van der Waals surface area contributed by atoms with E-state index in [0.29, 0.717) is 25.1 Å². The molecule has 34 heavy (non-hydrogen) atoms. The van der Waals surface area contributed by atoms with Crippen LogP contribution in [-0.2, 0) is 30.4 Å². The van der Waals surface area contributed by atoms with Crippen LogP contribution in [-0.4, -0.2) is 87.1 Å². The van der Waals surface area contributed by atoms with Gasteiger partial charge in [0.05, 0.1) is 19.4 Å². The van der Waals surface area contributed by atoms with Crippen LogP contribution >= 0.6 is 0 Å². The fraction of sp³-hybridized carbons (Fsp3) is 0.579. The molecule has 1 aromatic rings. The summed E-state index contributed by atoms with van der Waals surface area (Å²) in [6.45, 7) is -0.315. The number of carboxylic acid groups (broad SMARTS) is 1. The van der Waals surface area contributed by atoms with Gasteiger partial charge >= 0.3 is 5.97 Å². The number of carbonyl (C=O) groups is 5. The molecule has 0 aliphatic rings. The smallest absolute Gasteiger partial charge is 0.326 e. The Kier molecular flexibility index (Phi) is 12.2. The Balaban J connectivity index is 3.03. The standard InChI is InChI=1S/C19H32N8O7/c20-4-2-1-3-12(17(31)27-14(19(33)34)6-15(22)29)25-18(32)13(5-10-7-23-9-24-10)26-16(30)11(21)8-28/h7,9,11-14,28H,1-6,8,20-21H2,(H2,22,29)(H,23,24)(H,25,32)(H,26,30)(H,27,31)(H,33,34). The van der Waals surface area contributed by atoms with Gasteiger partial charge in [-0.1, -0.05) is 0 Å². The molecule has 4 unspecified atom stereocenters. The molecule has 0 saturated heterocycles. The highest BCUT2D eigenvalue weighted by Gasteiger charge is 2.31. The van der Waals surface area contributed by atoms with Crippen molar-refractivity contribution in [2.75, 3.05) is 13.2 Å². The number of H-pyrrole nitrogens is 1. The van der Waals surface area contributed by atoms with E-state index in [1.165, 1.54) is 12.5 Å². The summed E-state index contributed by atoms with van der Waals surface area (Å²) in [5.41, 5.74) is 16.5. The van der Waals surface area contributed by atoms with Gasteiger partial charge < -0.3 is 48.3 Å². The molecule has 190 valence electrons. The monoisotopic (exact) mass is 484 g/mol. The Bertz CT molecular complexity index is 833. The summed E-state index contributed by atoms with van der Waals surface area (Å²) in [7, 11) is 0. The molecule has 1 rings (SSSR count). The van der Waals surface area contributed by atoms with Crippen molar-refractivity contribution >= 4 is 29.6 Å². The minimum absolute atomic E-state index is 0.0354. The lowest BCUT2D eigenvalue weighted by molar-refractivity contribution is -0.143. The van der Waals surface area contributed by atoms with Crippen molar-refractivity contribution in [3.63, 3.8) is 0 Å². The molecule has 4 amide bonds. The zero-order valence-electron chi connectivity index (χ0n) is 18.5. The number of unbranched alkanes of at least 4 members (excludes halogenated alkanes) is 1. The number of aliphatic hydroxyl groups excluding tert-OH is 1. The summed E-state index contributed by atoms with van der Waals surface area (Å²) < 4.78 is 0. The van der Waals surface area contributed by atoms with Gasteiger partial charge in [0.2, 0.25) is 23.6 Å². The second-order valence-corrected chi connectivity index (χ2v) is 7.55. The third-order valence-electron chi connectivity index (χ3n) is 4.75. The summed E-state index contributed by atoms with van der Waals surface area (Å²) in [6.07, 6.45) is 3.20. The van der Waals surface area contributed by atoms with Gasteiger partial charge in [-0.25, -0.2) is 9.78 Å². The average Bonchev–Trinajstić information content (AvgIpc) is 3.29. The van der Waals surface area contributed by atoms with E-state index in [9.17, 15) is 29.1 Å². The number of carbonyl (C=O) groups excluding carboxylic acids is 4. The first-order chi connectivity index (χ1) is 16.1. The van der Waals surface area contributed by atoms with Crippen molar-refractivity contribution in [3.05, 3.63) is 18.2 Å². The highest BCUT2D eigenvalue weighted by Crippen LogP contribution is 2.06. The number of nitrogens with zero attached hydrogens (tertiary/aromatic N) is 1. The Hall–Kier alpha value is -3.56. The molecule has 12 N–H and O–H groups in total. The van der Waals surface area contributed by atoms with Gasteiger partial charge in [0.1, 0.15) is 24.2 Å². The highest BCUT2D eigenvalue weighted by molar-refractivity contribution is 5.95. The first-order valence-electron chi connectivity index (χ1n) is 10.5. The lowest BCUT2D eigenvalue weighted by Gasteiger charge is -2.25. The number of imidazole rings is 1. The van der Waals surface area contributed by atoms with Crippen molar-refractivity contribution in [2.24, 2.45) is 17.2 Å². The highest BCUT2D eigenvalue weighted by atomic mass is 16.4. The van der Waals surface area contributed by atoms with Gasteiger partial charge in [0, 0.05) is 18.3 Å². The second-order valence-electron chi connectivity index (χ2n) is 7.55. The number of carboxylic acids is 1. The van der Waals surface area contributed by atoms with E-state index >= 15 is 0 Å². The quantitative estimate of drug-likeness (QED) is 0.102. The predicted octanol–water partition coefficient (Wildman–Crippen LogP) is -4.18. The minimum Gasteiger partial charge on any atom is -0.480 e. The Morgan fingerprint density at radius 1 is 1.00 bits per heavy atom. The van der Waals surface area contributed by atoms with Crippen LogP contribution in [0.5, 0.6) is 0 Å². The fourth-order valence-electron chi connectivity index (χ4n) is 2.89. The average molecular weight is 485 g/mol. The summed E-state index contributed by atoms with van der Waals surface area (Å²) >= 11 is 0. The molecule has 0 bridgehead atoms. The lowest BCUT2D eigenvalue weighted by Crippen LogP contribution is -2.58. The topological polar surface area (TPSA) is 269 Å². The van der Waals surface area contributed by atoms with E-state index in [4.69, 9.17) is 22.3 Å². The van der Waals surface area contributed by atoms with Gasteiger partial charge in [0.15, 0.2) is 0 Å². The number of aliphatic hydroxyl groups is 1. The maximum absolute atomic E-state index is 13.0. The summed E-state index contributed by atoms with van der Waals surface area (Å²) in [6, 6.07) is -5.24. The predicted molar refractivity (Wildman–Crippen MR) is 117 cm³/mol. The number of nitrogens with one attached hydrogen (secondary N) is 4. The molecule has 0 aromatic carbocycles. The maximum Gasteiger partial charge on any atom is 0.326 e. The first-order valence-corrected chi connectivity index (χ1v) is 10.5. The summed E-state index contributed by atoms with van der Waals surface area (Å²) in [5.74, 6) is -4.81. The van der Waals surface area contributed by atoms with Crippen molar-refractivity contribution in [3.8, 4) is 0 Å². The number of aromatic amines is 1.